The lowest BCUT2D eigenvalue weighted by Gasteiger charge is -2.32. The zero-order valence-electron chi connectivity index (χ0n) is 13.6. The lowest BCUT2D eigenvalue weighted by atomic mass is 9.92. The maximum atomic E-state index is 12.7. The van der Waals surface area contributed by atoms with Crippen LogP contribution in [-0.4, -0.2) is 42.9 Å². The Morgan fingerprint density at radius 2 is 1.62 bits per heavy atom. The van der Waals surface area contributed by atoms with Gasteiger partial charge in [0, 0.05) is 53.8 Å². The van der Waals surface area contributed by atoms with Crippen molar-refractivity contribution >= 4 is 28.3 Å². The third-order valence-corrected chi connectivity index (χ3v) is 5.02. The number of amides is 2. The second kappa shape index (κ2) is 5.91. The highest BCUT2D eigenvalue weighted by Gasteiger charge is 2.33. The minimum absolute atomic E-state index is 0.237. The third-order valence-electron chi connectivity index (χ3n) is 5.02. The number of rotatable bonds is 3. The van der Waals surface area contributed by atoms with E-state index in [1.807, 2.05) is 30.3 Å². The van der Waals surface area contributed by atoms with Gasteiger partial charge in [0.05, 0.1) is 0 Å². The zero-order chi connectivity index (χ0) is 16.7. The molecule has 2 heterocycles. The van der Waals surface area contributed by atoms with Crippen LogP contribution < -0.4 is 10.6 Å². The molecule has 24 heavy (non-hydrogen) atoms. The number of carbonyl (C=O) groups excluding carboxylic acids is 2. The first-order chi connectivity index (χ1) is 11.7. The number of anilines is 1. The van der Waals surface area contributed by atoms with Crippen molar-refractivity contribution in [3.63, 3.8) is 0 Å². The van der Waals surface area contributed by atoms with E-state index in [-0.39, 0.29) is 24.9 Å². The fourth-order valence-corrected chi connectivity index (χ4v) is 3.87. The predicted molar refractivity (Wildman–Crippen MR) is 94.4 cm³/mol. The van der Waals surface area contributed by atoms with Crippen LogP contribution in [-0.2, 0) is 0 Å². The fourth-order valence-electron chi connectivity index (χ4n) is 3.87. The molecule has 0 aromatic heterocycles. The van der Waals surface area contributed by atoms with E-state index in [9.17, 15) is 9.59 Å². The van der Waals surface area contributed by atoms with Crippen molar-refractivity contribution in [3.05, 3.63) is 41.5 Å². The average molecular weight is 323 g/mol. The van der Waals surface area contributed by atoms with Crippen LogP contribution in [0.25, 0.3) is 10.8 Å². The summed E-state index contributed by atoms with van der Waals surface area (Å²) in [7, 11) is 0. The number of nitrogens with zero attached hydrogens (tertiary/aromatic N) is 2. The Bertz CT molecular complexity index is 802. The maximum absolute atomic E-state index is 12.7. The molecule has 5 heteroatoms. The lowest BCUT2D eigenvalue weighted by molar-refractivity contribution is 0.0615. The summed E-state index contributed by atoms with van der Waals surface area (Å²) >= 11 is 0. The van der Waals surface area contributed by atoms with Crippen LogP contribution in [0.1, 0.15) is 40.0 Å². The lowest BCUT2D eigenvalue weighted by Crippen LogP contribution is -2.43. The van der Waals surface area contributed by atoms with Crippen molar-refractivity contribution in [2.24, 2.45) is 5.73 Å². The van der Waals surface area contributed by atoms with Gasteiger partial charge >= 0.3 is 0 Å². The Kier molecular flexibility index (Phi) is 3.73. The van der Waals surface area contributed by atoms with Crippen molar-refractivity contribution in [2.45, 2.75) is 19.3 Å². The molecule has 0 spiro atoms. The Hall–Kier alpha value is -2.40. The average Bonchev–Trinajstić information content (AvgIpc) is 2.63. The van der Waals surface area contributed by atoms with Gasteiger partial charge in [0.15, 0.2) is 0 Å². The van der Waals surface area contributed by atoms with Crippen molar-refractivity contribution in [1.82, 2.24) is 4.90 Å². The minimum Gasteiger partial charge on any atom is -0.371 e. The van der Waals surface area contributed by atoms with Gasteiger partial charge in [-0.15, -0.1) is 0 Å². The molecular formula is C19H21N3O2. The van der Waals surface area contributed by atoms with Crippen molar-refractivity contribution in [3.8, 4) is 0 Å². The van der Waals surface area contributed by atoms with Gasteiger partial charge in [-0.3, -0.25) is 14.5 Å². The van der Waals surface area contributed by atoms with E-state index in [4.69, 9.17) is 5.73 Å². The highest BCUT2D eigenvalue weighted by atomic mass is 16.2. The fraction of sp³-hybridized carbons (Fsp3) is 0.368. The van der Waals surface area contributed by atoms with Gasteiger partial charge in [0.1, 0.15) is 0 Å². The van der Waals surface area contributed by atoms with E-state index in [0.29, 0.717) is 11.1 Å². The van der Waals surface area contributed by atoms with E-state index in [1.165, 1.54) is 24.2 Å². The third kappa shape index (κ3) is 2.19. The van der Waals surface area contributed by atoms with E-state index in [2.05, 4.69) is 4.90 Å². The number of hydrogen-bond donors (Lipinski definition) is 1. The predicted octanol–water partition coefficient (Wildman–Crippen LogP) is 2.38. The first-order valence-electron chi connectivity index (χ1n) is 8.59. The largest absolute Gasteiger partial charge is 0.371 e. The molecule has 2 N–H and O–H groups in total. The molecule has 0 saturated carbocycles. The SMILES string of the molecule is NCCN1C(=O)c2cccc3c(N4CCCCC4)ccc(c23)C1=O. The first-order valence-corrected chi connectivity index (χ1v) is 8.59. The summed E-state index contributed by atoms with van der Waals surface area (Å²) in [5, 5.41) is 1.80. The number of imide groups is 1. The van der Waals surface area contributed by atoms with Gasteiger partial charge in [0.2, 0.25) is 0 Å². The molecular weight excluding hydrogens is 302 g/mol. The molecule has 4 rings (SSSR count). The zero-order valence-corrected chi connectivity index (χ0v) is 13.6. The Labute approximate surface area is 141 Å². The molecule has 0 bridgehead atoms. The van der Waals surface area contributed by atoms with E-state index >= 15 is 0 Å². The summed E-state index contributed by atoms with van der Waals surface area (Å²) in [6.45, 7) is 2.58. The molecule has 124 valence electrons. The molecule has 1 saturated heterocycles. The number of piperidine rings is 1. The molecule has 0 aliphatic carbocycles. The maximum Gasteiger partial charge on any atom is 0.261 e. The summed E-state index contributed by atoms with van der Waals surface area (Å²) in [6, 6.07) is 9.63. The second-order valence-electron chi connectivity index (χ2n) is 6.46. The number of benzene rings is 2. The number of hydrogen-bond acceptors (Lipinski definition) is 4. The summed E-state index contributed by atoms with van der Waals surface area (Å²) in [5.74, 6) is -0.473. The van der Waals surface area contributed by atoms with Crippen molar-refractivity contribution in [2.75, 3.05) is 31.1 Å². The summed E-state index contributed by atoms with van der Waals surface area (Å²) in [6.07, 6.45) is 3.64. The molecule has 2 aromatic carbocycles. The topological polar surface area (TPSA) is 66.6 Å². The Balaban J connectivity index is 1.90. The van der Waals surface area contributed by atoms with Gasteiger partial charge in [-0.05, 0) is 37.5 Å². The van der Waals surface area contributed by atoms with Gasteiger partial charge in [-0.25, -0.2) is 0 Å². The van der Waals surface area contributed by atoms with Crippen LogP contribution >= 0.6 is 0 Å². The van der Waals surface area contributed by atoms with Crippen LogP contribution in [0.2, 0.25) is 0 Å². The molecule has 2 aliphatic rings. The molecule has 2 amide bonds. The van der Waals surface area contributed by atoms with E-state index < -0.39 is 0 Å². The highest BCUT2D eigenvalue weighted by molar-refractivity contribution is 6.26. The normalized spacial score (nSPS) is 17.7. The van der Waals surface area contributed by atoms with Gasteiger partial charge in [-0.2, -0.15) is 0 Å². The quantitative estimate of drug-likeness (QED) is 0.881. The van der Waals surface area contributed by atoms with Crippen LogP contribution in [0.15, 0.2) is 30.3 Å². The van der Waals surface area contributed by atoms with Crippen molar-refractivity contribution < 1.29 is 9.59 Å². The number of carbonyl (C=O) groups is 2. The standard InChI is InChI=1S/C19H21N3O2/c20-9-12-22-18(23)14-6-4-5-13-16(21-10-2-1-3-11-21)8-7-15(17(13)14)19(22)24/h4-8H,1-3,9-12,20H2. The number of nitrogens with two attached hydrogens (primary N) is 1. The van der Waals surface area contributed by atoms with Crippen LogP contribution in [0.5, 0.6) is 0 Å². The molecule has 0 radical (unpaired) electrons. The summed E-state index contributed by atoms with van der Waals surface area (Å²) < 4.78 is 0. The first kappa shape index (κ1) is 15.1. The molecule has 5 nitrogen and oxygen atoms in total. The van der Waals surface area contributed by atoms with E-state index in [1.54, 1.807) is 0 Å². The summed E-state index contributed by atoms with van der Waals surface area (Å²) in [4.78, 5) is 29.1. The van der Waals surface area contributed by atoms with Crippen LogP contribution in [0.3, 0.4) is 0 Å². The molecule has 2 aromatic rings. The van der Waals surface area contributed by atoms with Gasteiger partial charge in [0.25, 0.3) is 11.8 Å². The van der Waals surface area contributed by atoms with Crippen LogP contribution in [0.4, 0.5) is 5.69 Å². The Morgan fingerprint density at radius 1 is 0.917 bits per heavy atom. The summed E-state index contributed by atoms with van der Waals surface area (Å²) in [5.41, 5.74) is 7.91. The smallest absolute Gasteiger partial charge is 0.261 e. The monoisotopic (exact) mass is 323 g/mol. The Morgan fingerprint density at radius 3 is 2.33 bits per heavy atom. The van der Waals surface area contributed by atoms with Gasteiger partial charge in [-0.1, -0.05) is 12.1 Å². The second-order valence-corrected chi connectivity index (χ2v) is 6.46. The van der Waals surface area contributed by atoms with Crippen molar-refractivity contribution in [1.29, 1.82) is 0 Å². The molecule has 0 atom stereocenters. The molecule has 0 unspecified atom stereocenters. The minimum atomic E-state index is -0.237. The molecule has 1 fully saturated rings. The van der Waals surface area contributed by atoms with Gasteiger partial charge < -0.3 is 10.6 Å². The van der Waals surface area contributed by atoms with E-state index in [0.717, 1.165) is 29.5 Å². The van der Waals surface area contributed by atoms with Crippen LogP contribution in [0, 0.1) is 0 Å². The highest BCUT2D eigenvalue weighted by Crippen LogP contribution is 2.36. The molecule has 2 aliphatic heterocycles.